The first-order valence-electron chi connectivity index (χ1n) is 9.85. The van der Waals surface area contributed by atoms with E-state index in [2.05, 4.69) is 6.07 Å². The predicted octanol–water partition coefficient (Wildman–Crippen LogP) is 2.10. The maximum Gasteiger partial charge on any atom is 0.342 e. The van der Waals surface area contributed by atoms with Gasteiger partial charge in [0.2, 0.25) is 15.9 Å². The number of carbonyl (C=O) groups is 2. The Kier molecular flexibility index (Phi) is 6.81. The normalized spacial score (nSPS) is 15.0. The molecule has 32 heavy (non-hydrogen) atoms. The standard InChI is InChI=1S/C22H23N3O6S/c1-15-20(22(27)30-3)21(16(2)31-15)32(28,29)25-12-10-24(11-13-25)19(26)9-8-17-6-4-5-7-18(17)14-23/h4-9H,10-13H2,1-3H3. The topological polar surface area (TPSA) is 121 Å². The number of nitrogens with zero attached hydrogens (tertiary/aromatic N) is 3. The van der Waals surface area contributed by atoms with Gasteiger partial charge in [-0.25, -0.2) is 13.2 Å². The highest BCUT2D eigenvalue weighted by Gasteiger charge is 2.37. The Bertz CT molecular complexity index is 1210. The second-order valence-electron chi connectivity index (χ2n) is 7.17. The molecule has 1 saturated heterocycles. The minimum Gasteiger partial charge on any atom is -0.465 e. The van der Waals surface area contributed by atoms with E-state index in [4.69, 9.17) is 14.4 Å². The second kappa shape index (κ2) is 9.38. The number of nitriles is 1. The fraction of sp³-hybridized carbons (Fsp3) is 0.318. The van der Waals surface area contributed by atoms with Crippen LogP contribution in [0, 0.1) is 25.2 Å². The van der Waals surface area contributed by atoms with Crippen molar-refractivity contribution in [1.82, 2.24) is 9.21 Å². The zero-order chi connectivity index (χ0) is 23.5. The maximum atomic E-state index is 13.2. The summed E-state index contributed by atoms with van der Waals surface area (Å²) in [6.45, 7) is 3.50. The highest BCUT2D eigenvalue weighted by molar-refractivity contribution is 7.89. The van der Waals surface area contributed by atoms with Gasteiger partial charge in [0.15, 0.2) is 0 Å². The highest BCUT2D eigenvalue weighted by Crippen LogP contribution is 2.30. The van der Waals surface area contributed by atoms with Crippen LogP contribution >= 0.6 is 0 Å². The number of ether oxygens (including phenoxy) is 1. The van der Waals surface area contributed by atoms with E-state index in [1.807, 2.05) is 0 Å². The van der Waals surface area contributed by atoms with Gasteiger partial charge in [-0.1, -0.05) is 18.2 Å². The molecule has 0 spiro atoms. The Morgan fingerprint density at radius 3 is 2.41 bits per heavy atom. The molecule has 9 nitrogen and oxygen atoms in total. The first-order valence-corrected chi connectivity index (χ1v) is 11.3. The lowest BCUT2D eigenvalue weighted by Gasteiger charge is -2.33. The lowest BCUT2D eigenvalue weighted by molar-refractivity contribution is -0.127. The number of furan rings is 1. The van der Waals surface area contributed by atoms with Gasteiger partial charge < -0.3 is 14.1 Å². The molecule has 1 aromatic heterocycles. The summed E-state index contributed by atoms with van der Waals surface area (Å²) in [6.07, 6.45) is 2.95. The van der Waals surface area contributed by atoms with Gasteiger partial charge in [-0.3, -0.25) is 4.79 Å². The summed E-state index contributed by atoms with van der Waals surface area (Å²) >= 11 is 0. The van der Waals surface area contributed by atoms with Crippen molar-refractivity contribution in [1.29, 1.82) is 5.26 Å². The van der Waals surface area contributed by atoms with Crippen LogP contribution in [0.1, 0.15) is 33.0 Å². The van der Waals surface area contributed by atoms with Crippen LogP contribution in [0.25, 0.3) is 6.08 Å². The van der Waals surface area contributed by atoms with Gasteiger partial charge in [-0.2, -0.15) is 9.57 Å². The van der Waals surface area contributed by atoms with Crippen LogP contribution in [-0.4, -0.2) is 62.8 Å². The van der Waals surface area contributed by atoms with E-state index in [0.29, 0.717) is 11.1 Å². The molecule has 1 aliphatic rings. The predicted molar refractivity (Wildman–Crippen MR) is 115 cm³/mol. The average molecular weight is 458 g/mol. The molecule has 1 fully saturated rings. The summed E-state index contributed by atoms with van der Waals surface area (Å²) in [5, 5.41) is 9.15. The lowest BCUT2D eigenvalue weighted by atomic mass is 10.1. The summed E-state index contributed by atoms with van der Waals surface area (Å²) in [5.74, 6) is -0.778. The number of piperazine rings is 1. The zero-order valence-corrected chi connectivity index (χ0v) is 18.8. The van der Waals surface area contributed by atoms with Crippen molar-refractivity contribution in [2.75, 3.05) is 33.3 Å². The Morgan fingerprint density at radius 2 is 1.78 bits per heavy atom. The number of hydrogen-bond donors (Lipinski definition) is 0. The summed E-state index contributed by atoms with van der Waals surface area (Å²) in [7, 11) is -2.85. The summed E-state index contributed by atoms with van der Waals surface area (Å²) in [4.78, 5) is 26.0. The molecule has 0 N–H and O–H groups in total. The molecule has 3 rings (SSSR count). The smallest absolute Gasteiger partial charge is 0.342 e. The van der Waals surface area contributed by atoms with Crippen LogP contribution in [0.15, 0.2) is 39.7 Å². The molecule has 1 aromatic carbocycles. The average Bonchev–Trinajstić information content (AvgIpc) is 3.11. The molecule has 168 valence electrons. The Balaban J connectivity index is 1.73. The van der Waals surface area contributed by atoms with Gasteiger partial charge >= 0.3 is 5.97 Å². The summed E-state index contributed by atoms with van der Waals surface area (Å²) in [5.41, 5.74) is 0.980. The van der Waals surface area contributed by atoms with Crippen molar-refractivity contribution in [3.63, 3.8) is 0 Å². The Morgan fingerprint density at radius 1 is 1.12 bits per heavy atom. The second-order valence-corrected chi connectivity index (χ2v) is 9.05. The molecule has 0 radical (unpaired) electrons. The van der Waals surface area contributed by atoms with Crippen LogP contribution in [0.2, 0.25) is 0 Å². The van der Waals surface area contributed by atoms with E-state index < -0.39 is 16.0 Å². The van der Waals surface area contributed by atoms with E-state index in [0.717, 1.165) is 0 Å². The molecular formula is C22H23N3O6S. The number of esters is 1. The van der Waals surface area contributed by atoms with Crippen molar-refractivity contribution >= 4 is 28.0 Å². The number of rotatable bonds is 5. The van der Waals surface area contributed by atoms with Crippen LogP contribution in [0.5, 0.6) is 0 Å². The third-order valence-electron chi connectivity index (χ3n) is 5.23. The fourth-order valence-electron chi connectivity index (χ4n) is 3.60. The number of amides is 1. The molecule has 0 bridgehead atoms. The summed E-state index contributed by atoms with van der Waals surface area (Å²) in [6, 6.07) is 8.99. The minimum atomic E-state index is -4.02. The van der Waals surface area contributed by atoms with E-state index in [1.165, 1.54) is 36.2 Å². The van der Waals surface area contributed by atoms with E-state index in [1.54, 1.807) is 30.3 Å². The van der Waals surface area contributed by atoms with Crippen LogP contribution in [0.4, 0.5) is 0 Å². The van der Waals surface area contributed by atoms with Crippen molar-refractivity contribution in [3.8, 4) is 6.07 Å². The van der Waals surface area contributed by atoms with Gasteiger partial charge in [0.25, 0.3) is 0 Å². The molecule has 1 aliphatic heterocycles. The van der Waals surface area contributed by atoms with Crippen molar-refractivity contribution in [3.05, 3.63) is 58.6 Å². The van der Waals surface area contributed by atoms with Gasteiger partial charge in [0.1, 0.15) is 22.0 Å². The Labute approximate surface area is 186 Å². The van der Waals surface area contributed by atoms with Crippen molar-refractivity contribution in [2.24, 2.45) is 0 Å². The van der Waals surface area contributed by atoms with Gasteiger partial charge in [-0.05, 0) is 31.6 Å². The first kappa shape index (κ1) is 23.2. The van der Waals surface area contributed by atoms with Gasteiger partial charge in [-0.15, -0.1) is 0 Å². The zero-order valence-electron chi connectivity index (χ0n) is 18.0. The third kappa shape index (κ3) is 4.44. The molecular weight excluding hydrogens is 434 g/mol. The SMILES string of the molecule is COC(=O)c1c(C)oc(C)c1S(=O)(=O)N1CCN(C(=O)C=Cc2ccccc2C#N)CC1. The van der Waals surface area contributed by atoms with E-state index in [9.17, 15) is 18.0 Å². The molecule has 0 saturated carbocycles. The molecule has 1 amide bonds. The van der Waals surface area contributed by atoms with Crippen molar-refractivity contribution < 1.29 is 27.2 Å². The molecule has 0 aliphatic carbocycles. The minimum absolute atomic E-state index is 0.0704. The van der Waals surface area contributed by atoms with Crippen LogP contribution in [-0.2, 0) is 19.6 Å². The number of sulfonamides is 1. The molecule has 0 atom stereocenters. The largest absolute Gasteiger partial charge is 0.465 e. The monoisotopic (exact) mass is 457 g/mol. The highest BCUT2D eigenvalue weighted by atomic mass is 32.2. The maximum absolute atomic E-state index is 13.2. The van der Waals surface area contributed by atoms with E-state index in [-0.39, 0.29) is 54.1 Å². The number of benzene rings is 1. The number of aryl methyl sites for hydroxylation is 2. The number of hydrogen-bond acceptors (Lipinski definition) is 7. The van der Waals surface area contributed by atoms with Gasteiger partial charge in [0, 0.05) is 32.3 Å². The molecule has 10 heteroatoms. The van der Waals surface area contributed by atoms with Crippen LogP contribution < -0.4 is 0 Å². The molecule has 2 aromatic rings. The van der Waals surface area contributed by atoms with Crippen LogP contribution in [0.3, 0.4) is 0 Å². The summed E-state index contributed by atoms with van der Waals surface area (Å²) < 4.78 is 37.8. The van der Waals surface area contributed by atoms with Crippen molar-refractivity contribution in [2.45, 2.75) is 18.7 Å². The van der Waals surface area contributed by atoms with Gasteiger partial charge in [0.05, 0.1) is 18.7 Å². The Hall–Kier alpha value is -3.42. The third-order valence-corrected chi connectivity index (χ3v) is 7.28. The molecule has 0 unspecified atom stereocenters. The lowest BCUT2D eigenvalue weighted by Crippen LogP contribution is -2.50. The first-order chi connectivity index (χ1) is 15.2. The quantitative estimate of drug-likeness (QED) is 0.498. The molecule has 2 heterocycles. The number of carbonyl (C=O) groups excluding carboxylic acids is 2. The van der Waals surface area contributed by atoms with E-state index >= 15 is 0 Å². The number of methoxy groups -OCH3 is 1. The fourth-order valence-corrected chi connectivity index (χ4v) is 5.39.